The molecule has 1 aliphatic carbocycles. The Morgan fingerprint density at radius 2 is 0.959 bits per heavy atom. The van der Waals surface area contributed by atoms with Gasteiger partial charge < -0.3 is 14.7 Å². The van der Waals surface area contributed by atoms with Crippen LogP contribution in [0.25, 0.3) is 0 Å². The normalized spacial score (nSPS) is 17.7. The van der Waals surface area contributed by atoms with Crippen LogP contribution in [0.4, 0.5) is 0 Å². The summed E-state index contributed by atoms with van der Waals surface area (Å²) in [5.41, 5.74) is 0. The molecule has 0 bridgehead atoms. The molecule has 0 heterocycles. The minimum absolute atomic E-state index is 0.220. The predicted molar refractivity (Wildman–Crippen MR) is 218 cm³/mol. The lowest BCUT2D eigenvalue weighted by atomic mass is 9.86. The fourth-order valence-electron chi connectivity index (χ4n) is 7.36. The molecule has 49 heavy (non-hydrogen) atoms. The summed E-state index contributed by atoms with van der Waals surface area (Å²) in [6, 6.07) is 0. The van der Waals surface area contributed by atoms with Crippen molar-refractivity contribution in [3.8, 4) is 0 Å². The smallest absolute Gasteiger partial charge is 0.165 e. The van der Waals surface area contributed by atoms with Crippen LogP contribution < -0.4 is 0 Å². The second-order valence-electron chi connectivity index (χ2n) is 15.6. The Kier molecular flexibility index (Phi) is 31.8. The van der Waals surface area contributed by atoms with E-state index in [2.05, 4.69) is 81.5 Å². The molecule has 0 spiro atoms. The number of nitrogens with zero attached hydrogens (tertiary/aromatic N) is 1. The number of aliphatic hydroxyl groups is 1. The van der Waals surface area contributed by atoms with Gasteiger partial charge in [0.1, 0.15) is 0 Å². The maximum Gasteiger partial charge on any atom is 0.165 e. The van der Waals surface area contributed by atoms with Gasteiger partial charge in [-0.2, -0.15) is 0 Å². The third kappa shape index (κ3) is 30.2. The van der Waals surface area contributed by atoms with E-state index >= 15 is 0 Å². The molecular weight excluding hydrogens is 599 g/mol. The number of hydrogen-bond donors (Lipinski definition) is 1. The summed E-state index contributed by atoms with van der Waals surface area (Å²) in [6.07, 6.45) is 55.4. The molecule has 3 nitrogen and oxygen atoms in total. The third-order valence-electron chi connectivity index (χ3n) is 10.3. The van der Waals surface area contributed by atoms with Gasteiger partial charge in [-0.3, -0.25) is 0 Å². The summed E-state index contributed by atoms with van der Waals surface area (Å²) in [6.45, 7) is 5.67. The van der Waals surface area contributed by atoms with Crippen molar-refractivity contribution in [1.82, 2.24) is 4.90 Å². The van der Waals surface area contributed by atoms with Crippen molar-refractivity contribution in [1.29, 1.82) is 0 Å². The van der Waals surface area contributed by atoms with Crippen LogP contribution in [0.5, 0.6) is 0 Å². The summed E-state index contributed by atoms with van der Waals surface area (Å²) in [5, 5.41) is 11.8. The van der Waals surface area contributed by atoms with Crippen LogP contribution in [-0.4, -0.2) is 42.5 Å². The Balaban J connectivity index is 2.28. The Hall–Kier alpha value is -1.16. The topological polar surface area (TPSA) is 32.7 Å². The van der Waals surface area contributed by atoms with Crippen LogP contribution in [0.15, 0.2) is 48.6 Å². The first-order chi connectivity index (χ1) is 24.0. The fraction of sp³-hybridized carbons (Fsp3) is 0.826. The molecule has 2 unspecified atom stereocenters. The van der Waals surface area contributed by atoms with Crippen LogP contribution >= 0.6 is 0 Å². The Bertz CT molecular complexity index is 764. The lowest BCUT2D eigenvalue weighted by Crippen LogP contribution is -2.40. The maximum absolute atomic E-state index is 11.8. The monoisotopic (exact) mass is 684 g/mol. The molecule has 0 saturated heterocycles. The van der Waals surface area contributed by atoms with Gasteiger partial charge in [-0.05, 0) is 116 Å². The first kappa shape index (κ1) is 45.9. The maximum atomic E-state index is 11.8. The van der Waals surface area contributed by atoms with Crippen molar-refractivity contribution in [2.45, 2.75) is 218 Å². The highest BCUT2D eigenvalue weighted by atomic mass is 16.6. The van der Waals surface area contributed by atoms with Crippen LogP contribution in [-0.2, 0) is 4.74 Å². The van der Waals surface area contributed by atoms with Gasteiger partial charge in [-0.25, -0.2) is 0 Å². The van der Waals surface area contributed by atoms with E-state index in [1.807, 2.05) is 0 Å². The molecule has 3 heteroatoms. The highest BCUT2D eigenvalue weighted by Crippen LogP contribution is 2.33. The number of unbranched alkanes of at least 4 members (excludes halogenated alkanes) is 18. The van der Waals surface area contributed by atoms with Gasteiger partial charge in [0.25, 0.3) is 0 Å². The largest absolute Gasteiger partial charge is 0.365 e. The van der Waals surface area contributed by atoms with E-state index < -0.39 is 5.79 Å². The zero-order valence-corrected chi connectivity index (χ0v) is 33.5. The average Bonchev–Trinajstić information content (AvgIpc) is 3.08. The van der Waals surface area contributed by atoms with E-state index in [-0.39, 0.29) is 6.10 Å². The molecule has 1 saturated carbocycles. The van der Waals surface area contributed by atoms with E-state index in [4.69, 9.17) is 4.74 Å². The third-order valence-corrected chi connectivity index (χ3v) is 10.3. The molecule has 0 aromatic carbocycles. The minimum atomic E-state index is -0.935. The summed E-state index contributed by atoms with van der Waals surface area (Å²) in [4.78, 5) is 2.31. The zero-order chi connectivity index (χ0) is 35.5. The van der Waals surface area contributed by atoms with Crippen LogP contribution in [0.1, 0.15) is 206 Å². The predicted octanol–water partition coefficient (Wildman–Crippen LogP) is 14.2. The number of ether oxygens (including phenoxy) is 1. The highest BCUT2D eigenvalue weighted by Gasteiger charge is 2.33. The van der Waals surface area contributed by atoms with Crippen molar-refractivity contribution in [2.75, 3.05) is 20.6 Å². The van der Waals surface area contributed by atoms with Gasteiger partial charge in [-0.1, -0.05) is 146 Å². The molecule has 1 aliphatic rings. The molecule has 1 N–H and O–H groups in total. The van der Waals surface area contributed by atoms with Crippen LogP contribution in [0.3, 0.4) is 0 Å². The Morgan fingerprint density at radius 3 is 1.39 bits per heavy atom. The van der Waals surface area contributed by atoms with Crippen molar-refractivity contribution < 1.29 is 9.84 Å². The van der Waals surface area contributed by atoms with Crippen molar-refractivity contribution in [3.05, 3.63) is 48.6 Å². The molecule has 0 aromatic rings. The lowest BCUT2D eigenvalue weighted by molar-refractivity contribution is -0.245. The van der Waals surface area contributed by atoms with Crippen LogP contribution in [0.2, 0.25) is 0 Å². The van der Waals surface area contributed by atoms with Gasteiger partial charge in [0.15, 0.2) is 5.79 Å². The quantitative estimate of drug-likeness (QED) is 0.0416. The Morgan fingerprint density at radius 1 is 0.551 bits per heavy atom. The second-order valence-corrected chi connectivity index (χ2v) is 15.6. The first-order valence-corrected chi connectivity index (χ1v) is 21.6. The minimum Gasteiger partial charge on any atom is -0.365 e. The zero-order valence-electron chi connectivity index (χ0n) is 33.5. The van der Waals surface area contributed by atoms with E-state index in [1.54, 1.807) is 0 Å². The summed E-state index contributed by atoms with van der Waals surface area (Å²) in [5.74, 6) is -0.239. The summed E-state index contributed by atoms with van der Waals surface area (Å²) < 4.78 is 6.65. The fourth-order valence-corrected chi connectivity index (χ4v) is 7.36. The van der Waals surface area contributed by atoms with Gasteiger partial charge in [0.05, 0.1) is 6.10 Å². The second kappa shape index (κ2) is 34.0. The van der Waals surface area contributed by atoms with E-state index in [1.165, 1.54) is 141 Å². The average molecular weight is 684 g/mol. The number of allylic oxidation sites excluding steroid dienone is 8. The van der Waals surface area contributed by atoms with Crippen molar-refractivity contribution in [3.63, 3.8) is 0 Å². The molecule has 0 aliphatic heterocycles. The van der Waals surface area contributed by atoms with E-state index in [0.29, 0.717) is 5.92 Å². The summed E-state index contributed by atoms with van der Waals surface area (Å²) in [7, 11) is 4.36. The molecule has 286 valence electrons. The van der Waals surface area contributed by atoms with Crippen LogP contribution in [0, 0.1) is 5.92 Å². The number of rotatable bonds is 34. The van der Waals surface area contributed by atoms with Gasteiger partial charge >= 0.3 is 0 Å². The van der Waals surface area contributed by atoms with Crippen molar-refractivity contribution in [2.24, 2.45) is 5.92 Å². The molecule has 1 fully saturated rings. The molecule has 0 radical (unpaired) electrons. The molecule has 2 atom stereocenters. The van der Waals surface area contributed by atoms with Gasteiger partial charge in [0, 0.05) is 19.4 Å². The van der Waals surface area contributed by atoms with Crippen molar-refractivity contribution >= 4 is 0 Å². The molecule has 0 aromatic heterocycles. The molecular formula is C46H85NO2. The lowest BCUT2D eigenvalue weighted by Gasteiger charge is -2.37. The first-order valence-electron chi connectivity index (χ1n) is 21.6. The standard InChI is InChI=1S/C46H85NO2/c1-5-7-9-11-13-15-17-19-21-23-25-27-29-31-33-35-40-46(48,49-45-39-37-38-44(42-45)43-47(3)4)41-36-34-32-30-28-26-24-22-20-18-16-14-12-10-8-6-2/h13-16,19-22,44-45,48H,5-12,17-18,23-43H2,1-4H3/b15-13-,16-14-,21-19-,22-20-. The Labute approximate surface area is 307 Å². The number of hydrogen-bond acceptors (Lipinski definition) is 3. The highest BCUT2D eigenvalue weighted by molar-refractivity contribution is 4.93. The van der Waals surface area contributed by atoms with Gasteiger partial charge in [-0.15, -0.1) is 0 Å². The van der Waals surface area contributed by atoms with E-state index in [9.17, 15) is 5.11 Å². The SMILES string of the molecule is CCCCC/C=C\C/C=C\CCCCCCCCC(O)(CCCCCCCC/C=C\C/C=C\CCCCC)OC1CCCC(CN(C)C)C1. The van der Waals surface area contributed by atoms with Gasteiger partial charge in [0.2, 0.25) is 0 Å². The summed E-state index contributed by atoms with van der Waals surface area (Å²) >= 11 is 0. The molecule has 1 rings (SSSR count). The molecule has 0 amide bonds. The van der Waals surface area contributed by atoms with E-state index in [0.717, 1.165) is 57.9 Å².